The van der Waals surface area contributed by atoms with Crippen LogP contribution in [0.5, 0.6) is 0 Å². The van der Waals surface area contributed by atoms with Crippen molar-refractivity contribution < 1.29 is 19.4 Å². The third kappa shape index (κ3) is 2.50. The second kappa shape index (κ2) is 4.65. The number of carboxylic acid groups (broad SMARTS) is 1. The van der Waals surface area contributed by atoms with E-state index in [1.54, 1.807) is 19.1 Å². The number of nitrogen functional groups attached to an aromatic ring is 1. The van der Waals surface area contributed by atoms with E-state index < -0.39 is 18.0 Å². The molecule has 0 aromatic heterocycles. The summed E-state index contributed by atoms with van der Waals surface area (Å²) in [5.74, 6) is -1.92. The average molecular weight is 223 g/mol. The van der Waals surface area contributed by atoms with Gasteiger partial charge in [-0.1, -0.05) is 12.1 Å². The summed E-state index contributed by atoms with van der Waals surface area (Å²) in [6.07, 6.45) is -1.19. The third-order valence-electron chi connectivity index (χ3n) is 2.18. The molecule has 5 heteroatoms. The number of anilines is 1. The Balaban J connectivity index is 2.89. The zero-order valence-electron chi connectivity index (χ0n) is 9.06. The van der Waals surface area contributed by atoms with Gasteiger partial charge in [0, 0.05) is 5.69 Å². The standard InChI is InChI=1S/C11H13NO4/c1-6-4-3-5-8(9(6)12)11(15)16-7(2)10(13)14/h3-5,7H,12H2,1-2H3,(H,13,14). The van der Waals surface area contributed by atoms with Crippen molar-refractivity contribution in [1.82, 2.24) is 0 Å². The number of hydrogen-bond acceptors (Lipinski definition) is 4. The van der Waals surface area contributed by atoms with Crippen LogP contribution in [0.15, 0.2) is 18.2 Å². The van der Waals surface area contributed by atoms with Crippen LogP contribution in [0.4, 0.5) is 5.69 Å². The Labute approximate surface area is 92.8 Å². The van der Waals surface area contributed by atoms with Crippen LogP contribution in [0.2, 0.25) is 0 Å². The Morgan fingerprint density at radius 2 is 2.06 bits per heavy atom. The summed E-state index contributed by atoms with van der Waals surface area (Å²) in [5, 5.41) is 8.59. The zero-order valence-corrected chi connectivity index (χ0v) is 9.06. The molecular formula is C11H13NO4. The molecule has 0 saturated carbocycles. The molecule has 0 heterocycles. The summed E-state index contributed by atoms with van der Waals surface area (Å²) < 4.78 is 4.72. The maximum atomic E-state index is 11.6. The van der Waals surface area contributed by atoms with E-state index >= 15 is 0 Å². The Morgan fingerprint density at radius 3 is 2.62 bits per heavy atom. The summed E-state index contributed by atoms with van der Waals surface area (Å²) in [7, 11) is 0. The van der Waals surface area contributed by atoms with Gasteiger partial charge < -0.3 is 15.6 Å². The molecule has 0 bridgehead atoms. The van der Waals surface area contributed by atoms with E-state index in [2.05, 4.69) is 0 Å². The van der Waals surface area contributed by atoms with Crippen LogP contribution < -0.4 is 5.73 Å². The molecule has 0 radical (unpaired) electrons. The van der Waals surface area contributed by atoms with Crippen LogP contribution in [0.1, 0.15) is 22.8 Å². The van der Waals surface area contributed by atoms with Gasteiger partial charge in [0.2, 0.25) is 0 Å². The van der Waals surface area contributed by atoms with Crippen LogP contribution in [0.25, 0.3) is 0 Å². The van der Waals surface area contributed by atoms with E-state index in [9.17, 15) is 9.59 Å². The van der Waals surface area contributed by atoms with Crippen LogP contribution >= 0.6 is 0 Å². The largest absolute Gasteiger partial charge is 0.479 e. The molecule has 1 atom stereocenters. The van der Waals surface area contributed by atoms with Gasteiger partial charge in [-0.15, -0.1) is 0 Å². The van der Waals surface area contributed by atoms with Crippen molar-refractivity contribution in [2.75, 3.05) is 5.73 Å². The molecule has 0 aliphatic rings. The first-order chi connectivity index (χ1) is 7.43. The maximum Gasteiger partial charge on any atom is 0.344 e. The van der Waals surface area contributed by atoms with E-state index in [-0.39, 0.29) is 5.56 Å². The first-order valence-corrected chi connectivity index (χ1v) is 4.72. The third-order valence-corrected chi connectivity index (χ3v) is 2.18. The number of aryl methyl sites for hydroxylation is 1. The Kier molecular flexibility index (Phi) is 3.50. The molecule has 0 amide bonds. The van der Waals surface area contributed by atoms with Crippen LogP contribution in [-0.2, 0) is 9.53 Å². The molecule has 86 valence electrons. The molecule has 0 fully saturated rings. The SMILES string of the molecule is Cc1cccc(C(=O)OC(C)C(=O)O)c1N. The molecule has 0 saturated heterocycles. The molecule has 3 N–H and O–H groups in total. The monoisotopic (exact) mass is 223 g/mol. The van der Waals surface area contributed by atoms with Gasteiger partial charge in [0.15, 0.2) is 6.10 Å². The predicted molar refractivity (Wildman–Crippen MR) is 58.1 cm³/mol. The molecule has 1 aromatic rings. The minimum Gasteiger partial charge on any atom is -0.479 e. The lowest BCUT2D eigenvalue weighted by molar-refractivity contribution is -0.146. The summed E-state index contributed by atoms with van der Waals surface area (Å²) in [6.45, 7) is 3.04. The second-order valence-electron chi connectivity index (χ2n) is 3.42. The Bertz CT molecular complexity index is 428. The predicted octanol–water partition coefficient (Wildman–Crippen LogP) is 1.21. The number of benzene rings is 1. The number of carbonyl (C=O) groups is 2. The maximum absolute atomic E-state index is 11.6. The van der Waals surface area contributed by atoms with Gasteiger partial charge in [-0.2, -0.15) is 0 Å². The number of nitrogens with two attached hydrogens (primary N) is 1. The number of ether oxygens (including phenoxy) is 1. The minimum atomic E-state index is -1.19. The first kappa shape index (κ1) is 12.0. The van der Waals surface area contributed by atoms with Crippen molar-refractivity contribution in [2.24, 2.45) is 0 Å². The fourth-order valence-electron chi connectivity index (χ4n) is 1.13. The van der Waals surface area contributed by atoms with Crippen molar-refractivity contribution in [3.05, 3.63) is 29.3 Å². The molecule has 0 aliphatic carbocycles. The van der Waals surface area contributed by atoms with Crippen molar-refractivity contribution in [2.45, 2.75) is 20.0 Å². The second-order valence-corrected chi connectivity index (χ2v) is 3.42. The molecule has 0 spiro atoms. The fraction of sp³-hybridized carbons (Fsp3) is 0.273. The van der Waals surface area contributed by atoms with Crippen molar-refractivity contribution in [3.8, 4) is 0 Å². The van der Waals surface area contributed by atoms with Gasteiger partial charge in [-0.05, 0) is 25.5 Å². The highest BCUT2D eigenvalue weighted by molar-refractivity contribution is 5.96. The van der Waals surface area contributed by atoms with Gasteiger partial charge in [0.1, 0.15) is 0 Å². The summed E-state index contributed by atoms with van der Waals surface area (Å²) in [6, 6.07) is 4.92. The Hall–Kier alpha value is -2.04. The van der Waals surface area contributed by atoms with Gasteiger partial charge >= 0.3 is 11.9 Å². The van der Waals surface area contributed by atoms with E-state index in [1.807, 2.05) is 0 Å². The quantitative estimate of drug-likeness (QED) is 0.593. The normalized spacial score (nSPS) is 11.9. The van der Waals surface area contributed by atoms with E-state index in [0.29, 0.717) is 5.69 Å². The van der Waals surface area contributed by atoms with E-state index in [1.165, 1.54) is 13.0 Å². The van der Waals surface area contributed by atoms with Crippen molar-refractivity contribution in [3.63, 3.8) is 0 Å². The number of esters is 1. The van der Waals surface area contributed by atoms with Crippen molar-refractivity contribution >= 4 is 17.6 Å². The van der Waals surface area contributed by atoms with E-state index in [0.717, 1.165) is 5.56 Å². The number of rotatable bonds is 3. The molecule has 16 heavy (non-hydrogen) atoms. The number of aliphatic carboxylic acids is 1. The summed E-state index contributed by atoms with van der Waals surface area (Å²) in [4.78, 5) is 22.1. The summed E-state index contributed by atoms with van der Waals surface area (Å²) >= 11 is 0. The number of hydrogen-bond donors (Lipinski definition) is 2. The topological polar surface area (TPSA) is 89.6 Å². The van der Waals surface area contributed by atoms with E-state index in [4.69, 9.17) is 15.6 Å². The molecule has 1 unspecified atom stereocenters. The fourth-order valence-corrected chi connectivity index (χ4v) is 1.13. The number of para-hydroxylation sites is 1. The Morgan fingerprint density at radius 1 is 1.44 bits per heavy atom. The molecule has 5 nitrogen and oxygen atoms in total. The van der Waals surface area contributed by atoms with Crippen LogP contribution in [0, 0.1) is 6.92 Å². The molecule has 1 aromatic carbocycles. The van der Waals surface area contributed by atoms with Gasteiger partial charge in [0.05, 0.1) is 5.56 Å². The lowest BCUT2D eigenvalue weighted by atomic mass is 10.1. The lowest BCUT2D eigenvalue weighted by Crippen LogP contribution is -2.24. The lowest BCUT2D eigenvalue weighted by Gasteiger charge is -2.11. The van der Waals surface area contributed by atoms with Crippen LogP contribution in [-0.4, -0.2) is 23.1 Å². The zero-order chi connectivity index (χ0) is 12.3. The molecular weight excluding hydrogens is 210 g/mol. The summed E-state index contributed by atoms with van der Waals surface area (Å²) in [5.41, 5.74) is 6.93. The van der Waals surface area contributed by atoms with Gasteiger partial charge in [-0.25, -0.2) is 9.59 Å². The highest BCUT2D eigenvalue weighted by Crippen LogP contribution is 2.17. The molecule has 0 aliphatic heterocycles. The van der Waals surface area contributed by atoms with Gasteiger partial charge in [0.25, 0.3) is 0 Å². The number of carboxylic acids is 1. The average Bonchev–Trinajstić information content (AvgIpc) is 2.21. The molecule has 1 rings (SSSR count). The smallest absolute Gasteiger partial charge is 0.344 e. The van der Waals surface area contributed by atoms with Crippen LogP contribution in [0.3, 0.4) is 0 Å². The minimum absolute atomic E-state index is 0.188. The first-order valence-electron chi connectivity index (χ1n) is 4.72. The number of carbonyl (C=O) groups excluding carboxylic acids is 1. The van der Waals surface area contributed by atoms with Gasteiger partial charge in [-0.3, -0.25) is 0 Å². The highest BCUT2D eigenvalue weighted by Gasteiger charge is 2.19. The van der Waals surface area contributed by atoms with Crippen molar-refractivity contribution in [1.29, 1.82) is 0 Å². The highest BCUT2D eigenvalue weighted by atomic mass is 16.6.